The van der Waals surface area contributed by atoms with E-state index in [9.17, 15) is 0 Å². The van der Waals surface area contributed by atoms with E-state index in [-0.39, 0.29) is 0 Å². The van der Waals surface area contributed by atoms with Gasteiger partial charge in [-0.2, -0.15) is 0 Å². The van der Waals surface area contributed by atoms with Crippen LogP contribution in [-0.4, -0.2) is 0 Å². The van der Waals surface area contributed by atoms with E-state index in [4.69, 9.17) is 0 Å². The average Bonchev–Trinajstić information content (AvgIpc) is 2.67. The van der Waals surface area contributed by atoms with E-state index in [2.05, 4.69) is 77.2 Å². The minimum Gasteiger partial charge on any atom is -0.0839 e. The first-order chi connectivity index (χ1) is 12.3. The lowest BCUT2D eigenvalue weighted by atomic mass is 9.80. The van der Waals surface area contributed by atoms with E-state index in [1.54, 1.807) is 16.7 Å². The van der Waals surface area contributed by atoms with Crippen molar-refractivity contribution in [3.05, 3.63) is 80.0 Å². The molecule has 0 aromatic heterocycles. The second-order valence-electron chi connectivity index (χ2n) is 7.32. The van der Waals surface area contributed by atoms with Gasteiger partial charge in [0.05, 0.1) is 0 Å². The summed E-state index contributed by atoms with van der Waals surface area (Å²) < 4.78 is 1.47. The Bertz CT molecular complexity index is 956. The van der Waals surface area contributed by atoms with Gasteiger partial charge >= 0.3 is 0 Å². The molecule has 0 atom stereocenters. The van der Waals surface area contributed by atoms with Gasteiger partial charge in [-0.15, -0.1) is 0 Å². The zero-order valence-electron chi connectivity index (χ0n) is 14.3. The van der Waals surface area contributed by atoms with Crippen molar-refractivity contribution in [3.8, 4) is 11.1 Å². The highest BCUT2D eigenvalue weighted by molar-refractivity contribution is 14.1. The molecule has 0 saturated carbocycles. The number of rotatable bonds is 1. The van der Waals surface area contributed by atoms with Gasteiger partial charge in [0, 0.05) is 0 Å². The van der Waals surface area contributed by atoms with Gasteiger partial charge in [-0.05, 0) is 115 Å². The highest BCUT2D eigenvalue weighted by Gasteiger charge is 2.19. The summed E-state index contributed by atoms with van der Waals surface area (Å²) in [5, 5.41) is 0. The fourth-order valence-corrected chi connectivity index (χ4v) is 5.04. The minimum absolute atomic E-state index is 1.17. The normalized spacial score (nSPS) is 18.4. The van der Waals surface area contributed by atoms with Crippen LogP contribution < -0.4 is 0 Å². The summed E-state index contributed by atoms with van der Waals surface area (Å²) in [5.41, 5.74) is 11.9. The van der Waals surface area contributed by atoms with Gasteiger partial charge in [0.1, 0.15) is 0 Å². The van der Waals surface area contributed by atoms with Crippen molar-refractivity contribution in [2.45, 2.75) is 38.5 Å². The minimum atomic E-state index is 1.17. The first-order valence-electron chi connectivity index (χ1n) is 9.29. The van der Waals surface area contributed by atoms with Gasteiger partial charge in [-0.1, -0.05) is 48.6 Å². The van der Waals surface area contributed by atoms with Crippen LogP contribution in [0.5, 0.6) is 0 Å². The van der Waals surface area contributed by atoms with Crippen LogP contribution in [0.4, 0.5) is 0 Å². The van der Waals surface area contributed by atoms with E-state index in [1.807, 2.05) is 0 Å². The van der Waals surface area contributed by atoms with Crippen molar-refractivity contribution < 1.29 is 0 Å². The van der Waals surface area contributed by atoms with Crippen LogP contribution in [0, 0.1) is 0 Å². The van der Waals surface area contributed by atoms with E-state index in [0.717, 1.165) is 0 Å². The van der Waals surface area contributed by atoms with Crippen LogP contribution >= 0.6 is 22.6 Å². The molecule has 0 radical (unpaired) electrons. The fraction of sp³-hybridized carbons (Fsp3) is 0.250. The molecule has 3 aliphatic rings. The SMILES string of the molecule is IC1=Cc2ccc(-c3ccc4c(c3)CCC3=C4CCC=C3)cc2CC1. The Hall–Kier alpha value is -1.61. The van der Waals surface area contributed by atoms with Crippen molar-refractivity contribution in [1.82, 2.24) is 0 Å². The molecule has 3 aliphatic carbocycles. The number of aryl methyl sites for hydroxylation is 2. The molecule has 0 nitrogen and oxygen atoms in total. The largest absolute Gasteiger partial charge is 0.0839 e. The molecular weight excluding hydrogens is 415 g/mol. The van der Waals surface area contributed by atoms with Crippen molar-refractivity contribution in [1.29, 1.82) is 0 Å². The number of allylic oxidation sites excluding steroid dienone is 5. The standard InChI is InChI=1S/C24H21I/c25-22-11-9-18-13-17(6-7-20(18)15-22)19-10-12-24-21(14-19)8-5-16-3-1-2-4-23(16)24/h1,3,6-7,10,12-15H,2,4-5,8-9,11H2. The van der Waals surface area contributed by atoms with Crippen LogP contribution in [0.15, 0.2) is 57.7 Å². The van der Waals surface area contributed by atoms with E-state index in [0.29, 0.717) is 0 Å². The van der Waals surface area contributed by atoms with Gasteiger partial charge in [0.15, 0.2) is 0 Å². The van der Waals surface area contributed by atoms with Crippen LogP contribution in [0.25, 0.3) is 22.8 Å². The Morgan fingerprint density at radius 1 is 0.760 bits per heavy atom. The summed E-state index contributed by atoms with van der Waals surface area (Å²) in [6.45, 7) is 0. The molecule has 0 unspecified atom stereocenters. The van der Waals surface area contributed by atoms with Crippen LogP contribution in [0.3, 0.4) is 0 Å². The fourth-order valence-electron chi connectivity index (χ4n) is 4.44. The molecule has 2 aromatic rings. The van der Waals surface area contributed by atoms with Crippen LogP contribution in [0.1, 0.15) is 47.9 Å². The topological polar surface area (TPSA) is 0 Å². The van der Waals surface area contributed by atoms with Crippen LogP contribution in [-0.2, 0) is 12.8 Å². The summed E-state index contributed by atoms with van der Waals surface area (Å²) in [5.74, 6) is 0. The zero-order valence-corrected chi connectivity index (χ0v) is 16.5. The molecule has 0 spiro atoms. The third-order valence-corrected chi connectivity index (χ3v) is 6.63. The quantitative estimate of drug-likeness (QED) is 0.418. The monoisotopic (exact) mass is 436 g/mol. The van der Waals surface area contributed by atoms with E-state index >= 15 is 0 Å². The summed E-state index contributed by atoms with van der Waals surface area (Å²) in [4.78, 5) is 0. The lowest BCUT2D eigenvalue weighted by molar-refractivity contribution is 0.897. The third kappa shape index (κ3) is 2.83. The Morgan fingerprint density at radius 3 is 2.48 bits per heavy atom. The Morgan fingerprint density at radius 2 is 1.56 bits per heavy atom. The van der Waals surface area contributed by atoms with Gasteiger partial charge in [0.25, 0.3) is 0 Å². The maximum Gasteiger partial charge on any atom is -0.00847 e. The van der Waals surface area contributed by atoms with Gasteiger partial charge < -0.3 is 0 Å². The first kappa shape index (κ1) is 15.6. The number of hydrogen-bond acceptors (Lipinski definition) is 0. The van der Waals surface area contributed by atoms with Gasteiger partial charge in [-0.25, -0.2) is 0 Å². The highest BCUT2D eigenvalue weighted by atomic mass is 127. The maximum absolute atomic E-state index is 2.46. The predicted molar refractivity (Wildman–Crippen MR) is 116 cm³/mol. The molecule has 0 N–H and O–H groups in total. The molecule has 1 heteroatoms. The lowest BCUT2D eigenvalue weighted by Crippen LogP contribution is -2.06. The Balaban J connectivity index is 1.55. The predicted octanol–water partition coefficient (Wildman–Crippen LogP) is 7.13. The molecule has 25 heavy (non-hydrogen) atoms. The zero-order chi connectivity index (χ0) is 16.8. The maximum atomic E-state index is 2.46. The van der Waals surface area contributed by atoms with Crippen LogP contribution in [0.2, 0.25) is 0 Å². The molecule has 124 valence electrons. The molecule has 2 aromatic carbocycles. The molecular formula is C24H21I. The first-order valence-corrected chi connectivity index (χ1v) is 10.4. The number of benzene rings is 2. The molecule has 0 fully saturated rings. The lowest BCUT2D eigenvalue weighted by Gasteiger charge is -2.25. The van der Waals surface area contributed by atoms with Crippen molar-refractivity contribution in [3.63, 3.8) is 0 Å². The van der Waals surface area contributed by atoms with Crippen molar-refractivity contribution >= 4 is 34.2 Å². The molecule has 0 amide bonds. The summed E-state index contributed by atoms with van der Waals surface area (Å²) >= 11 is 2.46. The van der Waals surface area contributed by atoms with E-state index in [1.165, 1.54) is 69.9 Å². The molecule has 0 saturated heterocycles. The Labute approximate surface area is 163 Å². The second kappa shape index (κ2) is 6.28. The number of halogens is 1. The van der Waals surface area contributed by atoms with Crippen molar-refractivity contribution in [2.75, 3.05) is 0 Å². The number of hydrogen-bond donors (Lipinski definition) is 0. The highest BCUT2D eigenvalue weighted by Crippen LogP contribution is 2.39. The summed E-state index contributed by atoms with van der Waals surface area (Å²) in [7, 11) is 0. The molecule has 5 rings (SSSR count). The van der Waals surface area contributed by atoms with Gasteiger partial charge in [-0.3, -0.25) is 0 Å². The summed E-state index contributed by atoms with van der Waals surface area (Å²) in [6, 6.07) is 14.2. The van der Waals surface area contributed by atoms with Gasteiger partial charge in [0.2, 0.25) is 0 Å². The average molecular weight is 436 g/mol. The van der Waals surface area contributed by atoms with E-state index < -0.39 is 0 Å². The summed E-state index contributed by atoms with van der Waals surface area (Å²) in [6.07, 6.45) is 14.2. The molecule has 0 heterocycles. The third-order valence-electron chi connectivity index (χ3n) is 5.78. The smallest absolute Gasteiger partial charge is 0.00847 e. The number of fused-ring (bicyclic) bond motifs is 3. The molecule has 0 aliphatic heterocycles. The van der Waals surface area contributed by atoms with Crippen molar-refractivity contribution in [2.24, 2.45) is 0 Å². The molecule has 0 bridgehead atoms. The Kier molecular flexibility index (Phi) is 3.93. The second-order valence-corrected chi connectivity index (χ2v) is 8.71.